The molecule has 0 spiro atoms. The summed E-state index contributed by atoms with van der Waals surface area (Å²) in [6, 6.07) is 4.28. The summed E-state index contributed by atoms with van der Waals surface area (Å²) in [6.07, 6.45) is 1.62. The molecule has 0 fully saturated rings. The fourth-order valence-corrected chi connectivity index (χ4v) is 1.60. The van der Waals surface area contributed by atoms with Gasteiger partial charge >= 0.3 is 0 Å². The summed E-state index contributed by atoms with van der Waals surface area (Å²) in [5.41, 5.74) is 6.58. The van der Waals surface area contributed by atoms with Crippen molar-refractivity contribution in [3.05, 3.63) is 45.1 Å². The first-order chi connectivity index (χ1) is 7.99. The van der Waals surface area contributed by atoms with Crippen LogP contribution in [0.4, 0.5) is 11.5 Å². The van der Waals surface area contributed by atoms with Gasteiger partial charge in [-0.2, -0.15) is 5.10 Å². The number of halogens is 1. The van der Waals surface area contributed by atoms with Crippen molar-refractivity contribution >= 4 is 23.1 Å². The monoisotopic (exact) mass is 252 g/mol. The van der Waals surface area contributed by atoms with Gasteiger partial charge in [-0.05, 0) is 19.1 Å². The number of nitrogens with zero attached hydrogens (tertiary/aromatic N) is 3. The van der Waals surface area contributed by atoms with Crippen LogP contribution in [0.2, 0.25) is 5.02 Å². The Balaban J connectivity index is 2.64. The largest absolute Gasteiger partial charge is 0.382 e. The maximum atomic E-state index is 10.9. The molecule has 1 heterocycles. The number of anilines is 1. The first-order valence-electron chi connectivity index (χ1n) is 4.75. The van der Waals surface area contributed by atoms with E-state index in [1.165, 1.54) is 22.9 Å². The van der Waals surface area contributed by atoms with E-state index in [9.17, 15) is 10.1 Å². The lowest BCUT2D eigenvalue weighted by Gasteiger charge is -2.03. The Morgan fingerprint density at radius 3 is 2.76 bits per heavy atom. The lowest BCUT2D eigenvalue weighted by molar-refractivity contribution is -0.384. The third-order valence-corrected chi connectivity index (χ3v) is 2.55. The highest BCUT2D eigenvalue weighted by Crippen LogP contribution is 2.26. The normalized spacial score (nSPS) is 10.5. The molecule has 88 valence electrons. The van der Waals surface area contributed by atoms with E-state index in [1.54, 1.807) is 13.1 Å². The second kappa shape index (κ2) is 4.06. The number of nitrogen functional groups attached to an aromatic ring is 1. The fraction of sp³-hybridized carbons (Fsp3) is 0.100. The van der Waals surface area contributed by atoms with Gasteiger partial charge in [-0.25, -0.2) is 4.68 Å². The molecule has 0 unspecified atom stereocenters. The Labute approximate surface area is 102 Å². The number of aromatic nitrogens is 2. The van der Waals surface area contributed by atoms with Crippen LogP contribution >= 0.6 is 11.6 Å². The minimum atomic E-state index is -0.487. The molecule has 6 nitrogen and oxygen atoms in total. The van der Waals surface area contributed by atoms with Gasteiger partial charge in [0.05, 0.1) is 4.92 Å². The highest BCUT2D eigenvalue weighted by atomic mass is 35.5. The van der Waals surface area contributed by atoms with Gasteiger partial charge in [0.1, 0.15) is 11.5 Å². The minimum absolute atomic E-state index is 0.0723. The summed E-state index contributed by atoms with van der Waals surface area (Å²) in [5.74, 6) is 0.333. The van der Waals surface area contributed by atoms with Crippen LogP contribution in [0.1, 0.15) is 5.56 Å². The maximum Gasteiger partial charge on any atom is 0.294 e. The van der Waals surface area contributed by atoms with Crippen molar-refractivity contribution in [3.63, 3.8) is 0 Å². The molecule has 0 aliphatic heterocycles. The van der Waals surface area contributed by atoms with Crippen LogP contribution in [0.5, 0.6) is 0 Å². The molecule has 2 rings (SSSR count). The second-order valence-corrected chi connectivity index (χ2v) is 3.97. The first-order valence-corrected chi connectivity index (χ1v) is 5.13. The molecule has 0 saturated heterocycles. The van der Waals surface area contributed by atoms with Gasteiger partial charge in [0.25, 0.3) is 5.69 Å². The van der Waals surface area contributed by atoms with Crippen molar-refractivity contribution in [1.82, 2.24) is 9.78 Å². The van der Waals surface area contributed by atoms with E-state index in [2.05, 4.69) is 5.10 Å². The molecule has 0 radical (unpaired) electrons. The van der Waals surface area contributed by atoms with Gasteiger partial charge in [-0.1, -0.05) is 11.6 Å². The maximum absolute atomic E-state index is 10.9. The van der Waals surface area contributed by atoms with E-state index < -0.39 is 4.92 Å². The van der Waals surface area contributed by atoms with Gasteiger partial charge in [0.15, 0.2) is 0 Å². The Morgan fingerprint density at radius 1 is 1.53 bits per heavy atom. The molecule has 7 heteroatoms. The fourth-order valence-electron chi connectivity index (χ4n) is 1.43. The zero-order chi connectivity index (χ0) is 12.6. The number of hydrogen-bond donors (Lipinski definition) is 1. The molecule has 0 aliphatic carbocycles. The highest BCUT2D eigenvalue weighted by molar-refractivity contribution is 6.30. The van der Waals surface area contributed by atoms with E-state index in [0.29, 0.717) is 16.5 Å². The predicted molar refractivity (Wildman–Crippen MR) is 64.4 cm³/mol. The average molecular weight is 253 g/mol. The highest BCUT2D eigenvalue weighted by Gasteiger charge is 2.17. The molecular formula is C10H9ClN4O2. The number of nitrogens with two attached hydrogens (primary N) is 1. The molecule has 2 aromatic rings. The molecule has 0 amide bonds. The summed E-state index contributed by atoms with van der Waals surface area (Å²) in [7, 11) is 0. The lowest BCUT2D eigenvalue weighted by Crippen LogP contribution is -2.01. The number of hydrogen-bond acceptors (Lipinski definition) is 4. The summed E-state index contributed by atoms with van der Waals surface area (Å²) in [4.78, 5) is 10.4. The molecule has 0 saturated carbocycles. The summed E-state index contributed by atoms with van der Waals surface area (Å²) < 4.78 is 1.36. The second-order valence-electron chi connectivity index (χ2n) is 3.53. The van der Waals surface area contributed by atoms with Gasteiger partial charge in [-0.15, -0.1) is 0 Å². The molecule has 0 atom stereocenters. The van der Waals surface area contributed by atoms with E-state index >= 15 is 0 Å². The van der Waals surface area contributed by atoms with Crippen LogP contribution < -0.4 is 5.73 Å². The van der Waals surface area contributed by atoms with E-state index in [-0.39, 0.29) is 5.69 Å². The standard InChI is InChI=1S/C10H9ClN4O2/c1-6-5-14(13-10(6)12)9-4-7(11)2-3-8(9)15(16)17/h2-5H,1H3,(H2,12,13). The molecule has 0 aliphatic rings. The van der Waals surface area contributed by atoms with Gasteiger partial charge in [-0.3, -0.25) is 10.1 Å². The van der Waals surface area contributed by atoms with Crippen LogP contribution in [0.25, 0.3) is 5.69 Å². The van der Waals surface area contributed by atoms with Crippen molar-refractivity contribution in [2.24, 2.45) is 0 Å². The number of aryl methyl sites for hydroxylation is 1. The number of nitro groups is 1. The Hall–Kier alpha value is -2.08. The third kappa shape index (κ3) is 2.07. The van der Waals surface area contributed by atoms with Crippen molar-refractivity contribution in [2.45, 2.75) is 6.92 Å². The molecule has 0 bridgehead atoms. The number of rotatable bonds is 2. The van der Waals surface area contributed by atoms with Crippen molar-refractivity contribution in [2.75, 3.05) is 5.73 Å². The topological polar surface area (TPSA) is 87.0 Å². The van der Waals surface area contributed by atoms with Crippen molar-refractivity contribution in [3.8, 4) is 5.69 Å². The summed E-state index contributed by atoms with van der Waals surface area (Å²) in [5, 5.41) is 15.3. The zero-order valence-electron chi connectivity index (χ0n) is 8.92. The zero-order valence-corrected chi connectivity index (χ0v) is 9.68. The Kier molecular flexibility index (Phi) is 2.72. The van der Waals surface area contributed by atoms with E-state index in [1.807, 2.05) is 0 Å². The van der Waals surface area contributed by atoms with Crippen LogP contribution in [0.3, 0.4) is 0 Å². The lowest BCUT2D eigenvalue weighted by atomic mass is 10.2. The van der Waals surface area contributed by atoms with Crippen molar-refractivity contribution < 1.29 is 4.92 Å². The SMILES string of the molecule is Cc1cn(-c2cc(Cl)ccc2[N+](=O)[O-])nc1N. The minimum Gasteiger partial charge on any atom is -0.382 e. The number of benzene rings is 1. The van der Waals surface area contributed by atoms with Crippen LogP contribution in [-0.2, 0) is 0 Å². The van der Waals surface area contributed by atoms with Gasteiger partial charge in [0.2, 0.25) is 0 Å². The van der Waals surface area contributed by atoms with E-state index in [0.717, 1.165) is 5.56 Å². The summed E-state index contributed by atoms with van der Waals surface area (Å²) in [6.45, 7) is 1.77. The van der Waals surface area contributed by atoms with Crippen LogP contribution in [-0.4, -0.2) is 14.7 Å². The van der Waals surface area contributed by atoms with Gasteiger partial charge in [0, 0.05) is 22.8 Å². The first kappa shape index (κ1) is 11.4. The van der Waals surface area contributed by atoms with Gasteiger partial charge < -0.3 is 5.73 Å². The molecule has 1 aromatic carbocycles. The predicted octanol–water partition coefficient (Wildman–Crippen LogP) is 2.32. The summed E-state index contributed by atoms with van der Waals surface area (Å²) >= 11 is 5.82. The smallest absolute Gasteiger partial charge is 0.294 e. The van der Waals surface area contributed by atoms with Crippen LogP contribution in [0.15, 0.2) is 24.4 Å². The van der Waals surface area contributed by atoms with Crippen molar-refractivity contribution in [1.29, 1.82) is 0 Å². The molecule has 2 N–H and O–H groups in total. The Morgan fingerprint density at radius 2 is 2.24 bits per heavy atom. The van der Waals surface area contributed by atoms with Crippen LogP contribution in [0, 0.1) is 17.0 Å². The number of nitro benzene ring substituents is 1. The quantitative estimate of drug-likeness (QED) is 0.656. The molecule has 17 heavy (non-hydrogen) atoms. The van der Waals surface area contributed by atoms with E-state index in [4.69, 9.17) is 17.3 Å². The third-order valence-electron chi connectivity index (χ3n) is 2.32. The Bertz CT molecular complexity index is 574. The average Bonchev–Trinajstić information content (AvgIpc) is 2.58. The molecular weight excluding hydrogens is 244 g/mol. The molecule has 1 aromatic heterocycles.